The molecule has 0 saturated carbocycles. The fourth-order valence-corrected chi connectivity index (χ4v) is 2.67. The number of hydrogen-bond donors (Lipinski definition) is 0. The summed E-state index contributed by atoms with van der Waals surface area (Å²) in [4.78, 5) is 20.6. The second kappa shape index (κ2) is 7.00. The lowest BCUT2D eigenvalue weighted by Crippen LogP contribution is -2.07. The minimum atomic E-state index is -4.43. The first-order valence-corrected chi connectivity index (χ1v) is 8.30. The van der Waals surface area contributed by atoms with E-state index >= 15 is 0 Å². The average Bonchev–Trinajstić information content (AvgIpc) is 3.29. The first-order chi connectivity index (χ1) is 13.8. The normalized spacial score (nSPS) is 11.7. The summed E-state index contributed by atoms with van der Waals surface area (Å²) < 4.78 is 49.6. The molecule has 8 nitrogen and oxygen atoms in total. The highest BCUT2D eigenvalue weighted by atomic mass is 19.4. The van der Waals surface area contributed by atoms with Crippen LogP contribution in [0, 0.1) is 6.92 Å². The number of hydrogen-bond acceptors (Lipinski definition) is 7. The summed E-state index contributed by atoms with van der Waals surface area (Å²) in [5.74, 6) is -0.584. The van der Waals surface area contributed by atoms with Crippen LogP contribution >= 0.6 is 0 Å². The van der Waals surface area contributed by atoms with E-state index in [-0.39, 0.29) is 23.9 Å². The van der Waals surface area contributed by atoms with Gasteiger partial charge in [0.2, 0.25) is 5.82 Å². The average molecular weight is 403 g/mol. The molecule has 148 valence electrons. The minimum absolute atomic E-state index is 0.00432. The molecule has 1 aromatic carbocycles. The van der Waals surface area contributed by atoms with Gasteiger partial charge in [-0.05, 0) is 25.1 Å². The highest BCUT2D eigenvalue weighted by molar-refractivity contribution is 5.97. The van der Waals surface area contributed by atoms with Crippen LogP contribution in [-0.2, 0) is 17.5 Å². The van der Waals surface area contributed by atoms with Crippen LogP contribution in [0.2, 0.25) is 0 Å². The van der Waals surface area contributed by atoms with E-state index in [1.165, 1.54) is 22.8 Å². The Morgan fingerprint density at radius 3 is 2.72 bits per heavy atom. The predicted molar refractivity (Wildman–Crippen MR) is 91.6 cm³/mol. The minimum Gasteiger partial charge on any atom is -0.452 e. The van der Waals surface area contributed by atoms with Gasteiger partial charge in [-0.25, -0.2) is 14.3 Å². The molecular weight excluding hydrogens is 391 g/mol. The Labute approximate surface area is 160 Å². The van der Waals surface area contributed by atoms with Crippen LogP contribution in [0.1, 0.15) is 27.5 Å². The number of rotatable bonds is 4. The highest BCUT2D eigenvalue weighted by Gasteiger charge is 2.30. The van der Waals surface area contributed by atoms with Gasteiger partial charge < -0.3 is 9.26 Å². The first kappa shape index (κ1) is 18.6. The van der Waals surface area contributed by atoms with E-state index in [1.807, 2.05) is 0 Å². The van der Waals surface area contributed by atoms with Crippen LogP contribution in [0.25, 0.3) is 17.0 Å². The molecule has 3 aromatic heterocycles. The summed E-state index contributed by atoms with van der Waals surface area (Å²) in [5, 5.41) is 7.88. The van der Waals surface area contributed by atoms with E-state index in [2.05, 4.69) is 20.2 Å². The molecule has 4 rings (SSSR count). The van der Waals surface area contributed by atoms with Crippen molar-refractivity contribution >= 4 is 11.6 Å². The monoisotopic (exact) mass is 403 g/mol. The van der Waals surface area contributed by atoms with Crippen molar-refractivity contribution in [2.75, 3.05) is 0 Å². The van der Waals surface area contributed by atoms with Crippen LogP contribution in [0.3, 0.4) is 0 Å². The van der Waals surface area contributed by atoms with Gasteiger partial charge in [0.1, 0.15) is 5.56 Å². The van der Waals surface area contributed by atoms with E-state index in [4.69, 9.17) is 9.26 Å². The molecule has 0 unspecified atom stereocenters. The lowest BCUT2D eigenvalue weighted by Gasteiger charge is -2.05. The van der Waals surface area contributed by atoms with Crippen LogP contribution in [-0.4, -0.2) is 30.7 Å². The SMILES string of the molecule is Cc1nn2cccnc2c1C(=O)OCc1nc(-c2ccc(C(F)(F)F)cc2)no1. The summed E-state index contributed by atoms with van der Waals surface area (Å²) in [5.41, 5.74) is 0.571. The Balaban J connectivity index is 1.47. The maximum Gasteiger partial charge on any atom is 0.416 e. The molecular formula is C18H12F3N5O3. The maximum atomic E-state index is 12.6. The molecule has 0 aliphatic rings. The van der Waals surface area contributed by atoms with Crippen molar-refractivity contribution in [3.63, 3.8) is 0 Å². The van der Waals surface area contributed by atoms with E-state index in [9.17, 15) is 18.0 Å². The van der Waals surface area contributed by atoms with Gasteiger partial charge in [-0.1, -0.05) is 17.3 Å². The fourth-order valence-electron chi connectivity index (χ4n) is 2.67. The fraction of sp³-hybridized carbons (Fsp3) is 0.167. The number of aromatic nitrogens is 5. The van der Waals surface area contributed by atoms with Crippen molar-refractivity contribution < 1.29 is 27.2 Å². The molecule has 0 fully saturated rings. The van der Waals surface area contributed by atoms with Gasteiger partial charge in [0.25, 0.3) is 5.89 Å². The Morgan fingerprint density at radius 2 is 2.00 bits per heavy atom. The lowest BCUT2D eigenvalue weighted by atomic mass is 10.1. The zero-order valence-corrected chi connectivity index (χ0v) is 14.8. The molecule has 0 atom stereocenters. The zero-order chi connectivity index (χ0) is 20.6. The molecule has 0 aliphatic heterocycles. The maximum absolute atomic E-state index is 12.6. The van der Waals surface area contributed by atoms with E-state index in [1.54, 1.807) is 19.2 Å². The van der Waals surface area contributed by atoms with Crippen LogP contribution in [0.4, 0.5) is 13.2 Å². The van der Waals surface area contributed by atoms with Crippen LogP contribution in [0.15, 0.2) is 47.2 Å². The van der Waals surface area contributed by atoms with Gasteiger partial charge in [0.05, 0.1) is 11.3 Å². The number of aryl methyl sites for hydroxylation is 1. The van der Waals surface area contributed by atoms with Gasteiger partial charge in [0, 0.05) is 18.0 Å². The molecule has 0 bridgehead atoms. The van der Waals surface area contributed by atoms with Gasteiger partial charge in [-0.3, -0.25) is 0 Å². The number of carbonyl (C=O) groups excluding carboxylic acids is 1. The number of fused-ring (bicyclic) bond motifs is 1. The van der Waals surface area contributed by atoms with Crippen LogP contribution in [0.5, 0.6) is 0 Å². The van der Waals surface area contributed by atoms with Gasteiger partial charge in [0.15, 0.2) is 12.3 Å². The van der Waals surface area contributed by atoms with Gasteiger partial charge in [-0.2, -0.15) is 23.3 Å². The summed E-state index contributed by atoms with van der Waals surface area (Å²) >= 11 is 0. The van der Waals surface area contributed by atoms with Gasteiger partial charge in [-0.15, -0.1) is 0 Å². The number of halogens is 3. The Morgan fingerprint density at radius 1 is 1.24 bits per heavy atom. The van der Waals surface area contributed by atoms with Crippen LogP contribution < -0.4 is 0 Å². The number of esters is 1. The lowest BCUT2D eigenvalue weighted by molar-refractivity contribution is -0.137. The number of carbonyl (C=O) groups is 1. The second-order valence-electron chi connectivity index (χ2n) is 6.01. The molecule has 0 spiro atoms. The van der Waals surface area contributed by atoms with E-state index < -0.39 is 17.7 Å². The van der Waals surface area contributed by atoms with E-state index in [0.29, 0.717) is 16.9 Å². The van der Waals surface area contributed by atoms with Crippen molar-refractivity contribution in [2.24, 2.45) is 0 Å². The highest BCUT2D eigenvalue weighted by Crippen LogP contribution is 2.30. The Hall–Kier alpha value is -3.76. The molecule has 3 heterocycles. The summed E-state index contributed by atoms with van der Waals surface area (Å²) in [6.45, 7) is 1.34. The van der Waals surface area contributed by atoms with E-state index in [0.717, 1.165) is 12.1 Å². The third kappa shape index (κ3) is 3.66. The molecule has 0 radical (unpaired) electrons. The molecule has 0 aliphatic carbocycles. The van der Waals surface area contributed by atoms with Crippen molar-refractivity contribution in [2.45, 2.75) is 19.7 Å². The van der Waals surface area contributed by atoms with Crippen molar-refractivity contribution in [1.82, 2.24) is 24.7 Å². The Bertz CT molecular complexity index is 1180. The zero-order valence-electron chi connectivity index (χ0n) is 14.8. The number of benzene rings is 1. The molecule has 29 heavy (non-hydrogen) atoms. The summed E-state index contributed by atoms with van der Waals surface area (Å²) in [6.07, 6.45) is -1.25. The van der Waals surface area contributed by atoms with Crippen molar-refractivity contribution in [3.05, 3.63) is 65.4 Å². The largest absolute Gasteiger partial charge is 0.452 e. The molecule has 4 aromatic rings. The van der Waals surface area contributed by atoms with Gasteiger partial charge >= 0.3 is 12.1 Å². The second-order valence-corrected chi connectivity index (χ2v) is 6.01. The number of nitrogens with zero attached hydrogens (tertiary/aromatic N) is 5. The summed E-state index contributed by atoms with van der Waals surface area (Å²) in [6, 6.07) is 5.99. The quantitative estimate of drug-likeness (QED) is 0.482. The molecule has 11 heteroatoms. The molecule has 0 saturated heterocycles. The predicted octanol–water partition coefficient (Wildman–Crippen LogP) is 3.46. The third-order valence-electron chi connectivity index (χ3n) is 4.04. The Kier molecular flexibility index (Phi) is 4.49. The summed E-state index contributed by atoms with van der Waals surface area (Å²) in [7, 11) is 0. The van der Waals surface area contributed by atoms with Crippen molar-refractivity contribution in [3.8, 4) is 11.4 Å². The molecule has 0 amide bonds. The number of alkyl halides is 3. The number of ether oxygens (including phenoxy) is 1. The first-order valence-electron chi connectivity index (χ1n) is 8.30. The third-order valence-corrected chi connectivity index (χ3v) is 4.04. The molecule has 0 N–H and O–H groups in total. The topological polar surface area (TPSA) is 95.4 Å². The smallest absolute Gasteiger partial charge is 0.416 e. The van der Waals surface area contributed by atoms with Crippen molar-refractivity contribution in [1.29, 1.82) is 0 Å². The standard InChI is InChI=1S/C18H12F3N5O3/c1-10-14(16-22-7-2-8-26(16)24-10)17(27)28-9-13-23-15(25-29-13)11-3-5-12(6-4-11)18(19,20)21/h2-8H,9H2,1H3.